The average Bonchev–Trinajstić information content (AvgIpc) is 2.69. The second-order valence-corrected chi connectivity index (χ2v) is 8.89. The predicted octanol–water partition coefficient (Wildman–Crippen LogP) is 3.84. The van der Waals surface area contributed by atoms with Gasteiger partial charge in [0.2, 0.25) is 0 Å². The van der Waals surface area contributed by atoms with Crippen LogP contribution >= 0.6 is 11.8 Å². The first-order valence-corrected chi connectivity index (χ1v) is 10.8. The summed E-state index contributed by atoms with van der Waals surface area (Å²) in [7, 11) is -3.79. The van der Waals surface area contributed by atoms with Crippen molar-refractivity contribution in [2.75, 3.05) is 4.72 Å². The zero-order valence-electron chi connectivity index (χ0n) is 15.2. The average molecular weight is 425 g/mol. The second kappa shape index (κ2) is 7.69. The minimum absolute atomic E-state index is 0.0745. The summed E-state index contributed by atoms with van der Waals surface area (Å²) in [5.41, 5.74) is 1.15. The lowest BCUT2D eigenvalue weighted by Crippen LogP contribution is -2.12. The monoisotopic (exact) mass is 425 g/mol. The summed E-state index contributed by atoms with van der Waals surface area (Å²) in [6.07, 6.45) is 1.70. The molecule has 2 aromatic carbocycles. The highest BCUT2D eigenvalue weighted by Gasteiger charge is 2.15. The first kappa shape index (κ1) is 19.2. The largest absolute Gasteiger partial charge is 0.423 e. The molecule has 0 amide bonds. The van der Waals surface area contributed by atoms with Gasteiger partial charge < -0.3 is 4.42 Å². The SMILES string of the molecule is Cc1ccnc(Sc2ccc(NS(=O)(=O)c3ccc4oc(=O)ccc4c3)cc2)n1. The van der Waals surface area contributed by atoms with Gasteiger partial charge in [0.05, 0.1) is 4.90 Å². The van der Waals surface area contributed by atoms with Crippen molar-refractivity contribution in [3.8, 4) is 0 Å². The maximum Gasteiger partial charge on any atom is 0.336 e. The number of fused-ring (bicyclic) bond motifs is 1. The van der Waals surface area contributed by atoms with Crippen LogP contribution in [0.4, 0.5) is 5.69 Å². The van der Waals surface area contributed by atoms with Crippen LogP contribution in [0.15, 0.2) is 91.0 Å². The molecule has 0 saturated heterocycles. The maximum absolute atomic E-state index is 12.7. The van der Waals surface area contributed by atoms with E-state index in [4.69, 9.17) is 4.42 Å². The highest BCUT2D eigenvalue weighted by atomic mass is 32.2. The molecule has 0 aliphatic rings. The zero-order chi connectivity index (χ0) is 20.4. The third-order valence-corrected chi connectivity index (χ3v) is 6.26. The van der Waals surface area contributed by atoms with Gasteiger partial charge in [-0.1, -0.05) is 0 Å². The van der Waals surface area contributed by atoms with Crippen molar-refractivity contribution in [3.63, 3.8) is 0 Å². The Labute approximate surface area is 170 Å². The van der Waals surface area contributed by atoms with E-state index < -0.39 is 15.6 Å². The van der Waals surface area contributed by atoms with Gasteiger partial charge in [-0.25, -0.2) is 23.2 Å². The Morgan fingerprint density at radius 2 is 1.79 bits per heavy atom. The third kappa shape index (κ3) is 4.47. The normalized spacial score (nSPS) is 11.5. The molecule has 29 heavy (non-hydrogen) atoms. The number of nitrogens with zero attached hydrogens (tertiary/aromatic N) is 2. The molecule has 4 aromatic rings. The molecule has 7 nitrogen and oxygen atoms in total. The standard InChI is InChI=1S/C20H15N3O4S2/c1-13-10-11-21-20(22-13)28-16-5-3-15(4-6-16)23-29(25,26)17-7-8-18-14(12-17)2-9-19(24)27-18/h2-12,23H,1H3. The van der Waals surface area contributed by atoms with Gasteiger partial charge in [0.25, 0.3) is 10.0 Å². The number of anilines is 1. The van der Waals surface area contributed by atoms with E-state index in [9.17, 15) is 13.2 Å². The Balaban J connectivity index is 1.53. The number of rotatable bonds is 5. The molecule has 0 atom stereocenters. The van der Waals surface area contributed by atoms with Gasteiger partial charge in [-0.15, -0.1) is 0 Å². The minimum atomic E-state index is -3.79. The highest BCUT2D eigenvalue weighted by molar-refractivity contribution is 7.99. The summed E-state index contributed by atoms with van der Waals surface area (Å²) in [5, 5.41) is 1.15. The maximum atomic E-state index is 12.7. The lowest BCUT2D eigenvalue weighted by atomic mass is 10.2. The van der Waals surface area contributed by atoms with Gasteiger partial charge in [0, 0.05) is 33.9 Å². The minimum Gasteiger partial charge on any atom is -0.423 e. The molecule has 9 heteroatoms. The van der Waals surface area contributed by atoms with E-state index in [-0.39, 0.29) is 4.90 Å². The fourth-order valence-corrected chi connectivity index (χ4v) is 4.48. The lowest BCUT2D eigenvalue weighted by Gasteiger charge is -2.09. The van der Waals surface area contributed by atoms with Gasteiger partial charge in [0.15, 0.2) is 5.16 Å². The molecule has 146 valence electrons. The fourth-order valence-electron chi connectivity index (χ4n) is 2.60. The van der Waals surface area contributed by atoms with Crippen LogP contribution in [0.25, 0.3) is 11.0 Å². The van der Waals surface area contributed by atoms with E-state index in [2.05, 4.69) is 14.7 Å². The van der Waals surface area contributed by atoms with Crippen LogP contribution in [0, 0.1) is 6.92 Å². The number of sulfonamides is 1. The smallest absolute Gasteiger partial charge is 0.336 e. The zero-order valence-corrected chi connectivity index (χ0v) is 16.8. The van der Waals surface area contributed by atoms with Gasteiger partial charge in [-0.2, -0.15) is 0 Å². The van der Waals surface area contributed by atoms with Crippen LogP contribution in [-0.4, -0.2) is 18.4 Å². The van der Waals surface area contributed by atoms with Crippen LogP contribution < -0.4 is 10.3 Å². The number of aryl methyl sites for hydroxylation is 1. The van der Waals surface area contributed by atoms with Gasteiger partial charge in [0.1, 0.15) is 5.58 Å². The van der Waals surface area contributed by atoms with Crippen molar-refractivity contribution in [2.45, 2.75) is 21.9 Å². The number of hydrogen-bond acceptors (Lipinski definition) is 7. The van der Waals surface area contributed by atoms with Crippen LogP contribution in [0.3, 0.4) is 0 Å². The predicted molar refractivity (Wildman–Crippen MR) is 111 cm³/mol. The fraction of sp³-hybridized carbons (Fsp3) is 0.0500. The Morgan fingerprint density at radius 1 is 1.00 bits per heavy atom. The number of aromatic nitrogens is 2. The first-order valence-electron chi connectivity index (χ1n) is 8.53. The molecule has 0 radical (unpaired) electrons. The number of hydrogen-bond donors (Lipinski definition) is 1. The van der Waals surface area contributed by atoms with Gasteiger partial charge in [-0.3, -0.25) is 4.72 Å². The van der Waals surface area contributed by atoms with Crippen molar-refractivity contribution in [1.82, 2.24) is 9.97 Å². The van der Waals surface area contributed by atoms with Crippen LogP contribution in [0.1, 0.15) is 5.69 Å². The van der Waals surface area contributed by atoms with Gasteiger partial charge in [-0.05, 0) is 73.3 Å². The third-order valence-electron chi connectivity index (χ3n) is 3.99. The molecule has 0 spiro atoms. The summed E-state index contributed by atoms with van der Waals surface area (Å²) >= 11 is 1.39. The van der Waals surface area contributed by atoms with E-state index in [1.165, 1.54) is 42.1 Å². The van der Waals surface area contributed by atoms with Crippen molar-refractivity contribution < 1.29 is 12.8 Å². The van der Waals surface area contributed by atoms with E-state index in [0.717, 1.165) is 10.6 Å². The lowest BCUT2D eigenvalue weighted by molar-refractivity contribution is 0.560. The quantitative estimate of drug-likeness (QED) is 0.383. The molecule has 2 aromatic heterocycles. The van der Waals surface area contributed by atoms with Crippen LogP contribution in [0.2, 0.25) is 0 Å². The first-order chi connectivity index (χ1) is 13.9. The van der Waals surface area contributed by atoms with E-state index in [0.29, 0.717) is 21.8 Å². The van der Waals surface area contributed by atoms with Crippen LogP contribution in [-0.2, 0) is 10.0 Å². The Morgan fingerprint density at radius 3 is 2.55 bits per heavy atom. The van der Waals surface area contributed by atoms with Crippen LogP contribution in [0.5, 0.6) is 0 Å². The summed E-state index contributed by atoms with van der Waals surface area (Å²) in [4.78, 5) is 20.8. The Kier molecular flexibility index (Phi) is 5.08. The molecule has 4 rings (SSSR count). The van der Waals surface area contributed by atoms with Crippen molar-refractivity contribution >= 4 is 38.4 Å². The molecular weight excluding hydrogens is 410 g/mol. The van der Waals surface area contributed by atoms with Crippen molar-refractivity contribution in [3.05, 3.63) is 83.0 Å². The molecule has 0 unspecified atom stereocenters. The molecule has 0 aliphatic carbocycles. The molecule has 1 N–H and O–H groups in total. The summed E-state index contributed by atoms with van der Waals surface area (Å²) in [5.74, 6) is 0. The Bertz CT molecular complexity index is 1350. The summed E-state index contributed by atoms with van der Waals surface area (Å²) in [6, 6.07) is 15.9. The van der Waals surface area contributed by atoms with Crippen molar-refractivity contribution in [2.24, 2.45) is 0 Å². The number of nitrogens with one attached hydrogen (secondary N) is 1. The Hall–Kier alpha value is -3.17. The van der Waals surface area contributed by atoms with Crippen molar-refractivity contribution in [1.29, 1.82) is 0 Å². The van der Waals surface area contributed by atoms with E-state index in [1.807, 2.05) is 13.0 Å². The highest BCUT2D eigenvalue weighted by Crippen LogP contribution is 2.27. The molecule has 0 bridgehead atoms. The molecule has 0 aliphatic heterocycles. The number of benzene rings is 2. The summed E-state index contributed by atoms with van der Waals surface area (Å²) in [6.45, 7) is 1.89. The molecule has 0 saturated carbocycles. The second-order valence-electron chi connectivity index (χ2n) is 6.17. The molecule has 2 heterocycles. The topological polar surface area (TPSA) is 102 Å². The van der Waals surface area contributed by atoms with Gasteiger partial charge >= 0.3 is 5.63 Å². The van der Waals surface area contributed by atoms with E-state index in [1.54, 1.807) is 30.5 Å². The summed E-state index contributed by atoms with van der Waals surface area (Å²) < 4.78 is 33.0. The molecular formula is C20H15N3O4S2. The van der Waals surface area contributed by atoms with E-state index >= 15 is 0 Å². The molecule has 0 fully saturated rings.